The average molecular weight is 719 g/mol. The summed E-state index contributed by atoms with van der Waals surface area (Å²) >= 11 is 4.75. The van der Waals surface area contributed by atoms with Gasteiger partial charge < -0.3 is 0 Å². The highest BCUT2D eigenvalue weighted by atomic mass is 32.1. The standard InChI is InChI=1S/C42H46N4OS3/c1-5-9-11-27(7-3)25-29-13-17-31(18-14-29)33-21-23-35(48-33)37-39-40(44-47-43-39)38(42-41(37)45-50-46-42)36-24-22-34(49-36)32-19-15-30(16-20-32)26-28(8-4)12-10-6-2/h13-24,27-28H,5-12,25-26H2,1-4H3. The minimum atomic E-state index is 0.731. The zero-order valence-electron chi connectivity index (χ0n) is 29.6. The van der Waals surface area contributed by atoms with Gasteiger partial charge in [0.15, 0.2) is 0 Å². The molecule has 0 amide bonds. The summed E-state index contributed by atoms with van der Waals surface area (Å²) in [6, 6.07) is 27.1. The van der Waals surface area contributed by atoms with Gasteiger partial charge in [-0.25, -0.2) is 4.63 Å². The molecule has 2 atom stereocenters. The monoisotopic (exact) mass is 718 g/mol. The molecular weight excluding hydrogens is 673 g/mol. The molecule has 3 aromatic heterocycles. The van der Waals surface area contributed by atoms with Crippen molar-refractivity contribution < 1.29 is 4.63 Å². The van der Waals surface area contributed by atoms with E-state index >= 15 is 0 Å². The van der Waals surface area contributed by atoms with Gasteiger partial charge in [0.05, 0.1) is 22.5 Å². The van der Waals surface area contributed by atoms with E-state index in [-0.39, 0.29) is 0 Å². The molecule has 258 valence electrons. The lowest BCUT2D eigenvalue weighted by Crippen LogP contribution is -2.03. The fraction of sp³-hybridized carbons (Fsp3) is 0.381. The van der Waals surface area contributed by atoms with E-state index in [4.69, 9.17) is 13.4 Å². The van der Waals surface area contributed by atoms with Crippen LogP contribution in [-0.2, 0) is 24.2 Å². The predicted molar refractivity (Wildman–Crippen MR) is 215 cm³/mol. The fourth-order valence-corrected chi connectivity index (χ4v) is 9.82. The fourth-order valence-electron chi connectivity index (χ4n) is 7.14. The number of benzene rings is 3. The molecule has 6 aromatic rings. The summed E-state index contributed by atoms with van der Waals surface area (Å²) in [5.74, 6) is 1.52. The molecule has 3 aromatic carbocycles. The third-order valence-electron chi connectivity index (χ3n) is 10.2. The summed E-state index contributed by atoms with van der Waals surface area (Å²) in [6.45, 7) is 9.20. The van der Waals surface area contributed by atoms with E-state index in [9.17, 15) is 0 Å². The van der Waals surface area contributed by atoms with E-state index in [1.54, 1.807) is 22.7 Å². The van der Waals surface area contributed by atoms with Gasteiger partial charge in [-0.15, -0.1) is 22.7 Å². The number of rotatable bonds is 16. The average Bonchev–Trinajstić information content (AvgIpc) is 3.99. The minimum absolute atomic E-state index is 0.731. The predicted octanol–water partition coefficient (Wildman–Crippen LogP) is 14.3. The van der Waals surface area contributed by atoms with Crippen LogP contribution >= 0.6 is 22.7 Å². The molecule has 7 rings (SSSR count). The Balaban J connectivity index is 1.15. The van der Waals surface area contributed by atoms with Gasteiger partial charge in [-0.2, -0.15) is 8.73 Å². The van der Waals surface area contributed by atoms with E-state index < -0.39 is 0 Å². The Morgan fingerprint density at radius 2 is 0.960 bits per heavy atom. The Hall–Kier alpha value is -3.72. The molecule has 5 nitrogen and oxygen atoms in total. The second-order valence-electron chi connectivity index (χ2n) is 13.6. The Bertz CT molecular complexity index is 1970. The number of thiophene rings is 2. The third-order valence-corrected chi connectivity index (χ3v) is 13.1. The van der Waals surface area contributed by atoms with Crippen molar-refractivity contribution in [2.45, 2.75) is 91.9 Å². The molecule has 0 fully saturated rings. The van der Waals surface area contributed by atoms with Crippen LogP contribution in [-0.4, -0.2) is 10.3 Å². The summed E-state index contributed by atoms with van der Waals surface area (Å²) < 4.78 is 15.1. The second kappa shape index (κ2) is 16.1. The molecule has 0 saturated carbocycles. The molecule has 1 aliphatic heterocycles. The van der Waals surface area contributed by atoms with Gasteiger partial charge in [-0.1, -0.05) is 128 Å². The minimum Gasteiger partial charge on any atom is -0.243 e. The lowest BCUT2D eigenvalue weighted by molar-refractivity contribution is 0.315. The highest BCUT2D eigenvalue weighted by Gasteiger charge is 2.28. The second-order valence-corrected chi connectivity index (χ2v) is 16.3. The summed E-state index contributed by atoms with van der Waals surface area (Å²) in [7, 11) is 0. The summed E-state index contributed by atoms with van der Waals surface area (Å²) in [5.41, 5.74) is 10.4. The number of fused-ring (bicyclic) bond motifs is 2. The maximum atomic E-state index is 5.43. The van der Waals surface area contributed by atoms with Gasteiger partial charge in [-0.3, -0.25) is 0 Å². The van der Waals surface area contributed by atoms with Crippen LogP contribution in [0, 0.1) is 11.8 Å². The third kappa shape index (κ3) is 7.34. The lowest BCUT2D eigenvalue weighted by Gasteiger charge is -2.14. The largest absolute Gasteiger partial charge is 0.243 e. The number of hydrogen-bond donors (Lipinski definition) is 0. The molecule has 4 heterocycles. The first-order chi connectivity index (χ1) is 24.6. The van der Waals surface area contributed by atoms with Crippen molar-refractivity contribution >= 4 is 56.4 Å². The molecule has 0 aliphatic carbocycles. The van der Waals surface area contributed by atoms with E-state index in [0.717, 1.165) is 68.0 Å². The zero-order valence-corrected chi connectivity index (χ0v) is 32.0. The van der Waals surface area contributed by atoms with Crippen molar-refractivity contribution in [3.63, 3.8) is 0 Å². The highest BCUT2D eigenvalue weighted by Crippen LogP contribution is 2.54. The number of nitrogens with zero attached hydrogens (tertiary/aromatic N) is 4. The van der Waals surface area contributed by atoms with Gasteiger partial charge in [0, 0.05) is 19.5 Å². The van der Waals surface area contributed by atoms with Crippen LogP contribution in [0.4, 0.5) is 11.4 Å². The van der Waals surface area contributed by atoms with Crippen LogP contribution in [0.5, 0.6) is 0 Å². The lowest BCUT2D eigenvalue weighted by atomic mass is 9.91. The van der Waals surface area contributed by atoms with Crippen molar-refractivity contribution in [3.05, 3.63) is 83.9 Å². The van der Waals surface area contributed by atoms with Crippen molar-refractivity contribution in [2.75, 3.05) is 0 Å². The summed E-state index contributed by atoms with van der Waals surface area (Å²) in [5, 5.41) is 8.89. The molecular formula is C42H46N4OS3. The van der Waals surface area contributed by atoms with E-state index in [0.29, 0.717) is 0 Å². The maximum absolute atomic E-state index is 5.43. The SMILES string of the molecule is CCCCC(CC)Cc1ccc(-c2ccc(-c3c4c(c(-c5ccc(-c6ccc(CC(CC)CCCC)cc6)s5)c5nonc35)N=S=N4)s2)cc1. The van der Waals surface area contributed by atoms with Crippen LogP contribution in [0.15, 0.2) is 86.2 Å². The Kier molecular flexibility index (Phi) is 11.2. The van der Waals surface area contributed by atoms with Crippen LogP contribution < -0.4 is 0 Å². The van der Waals surface area contributed by atoms with Gasteiger partial charge in [-0.05, 0) is 81.5 Å². The number of aromatic nitrogens is 2. The van der Waals surface area contributed by atoms with Gasteiger partial charge in [0.1, 0.15) is 22.4 Å². The van der Waals surface area contributed by atoms with E-state index in [2.05, 4.69) is 111 Å². The van der Waals surface area contributed by atoms with Crippen molar-refractivity contribution in [1.29, 1.82) is 0 Å². The maximum Gasteiger partial charge on any atom is 0.146 e. The molecule has 0 N–H and O–H groups in total. The van der Waals surface area contributed by atoms with Crippen LogP contribution in [0.3, 0.4) is 0 Å². The first-order valence-electron chi connectivity index (χ1n) is 18.4. The van der Waals surface area contributed by atoms with Crippen molar-refractivity contribution in [2.24, 2.45) is 20.6 Å². The smallest absolute Gasteiger partial charge is 0.146 e. The molecule has 0 bridgehead atoms. The van der Waals surface area contributed by atoms with E-state index in [1.807, 2.05) is 0 Å². The van der Waals surface area contributed by atoms with Gasteiger partial charge >= 0.3 is 0 Å². The molecule has 2 unspecified atom stereocenters. The first kappa shape index (κ1) is 34.7. The Morgan fingerprint density at radius 3 is 1.36 bits per heavy atom. The Morgan fingerprint density at radius 1 is 0.540 bits per heavy atom. The molecule has 0 spiro atoms. The van der Waals surface area contributed by atoms with Gasteiger partial charge in [0.2, 0.25) is 0 Å². The van der Waals surface area contributed by atoms with Crippen LogP contribution in [0.2, 0.25) is 0 Å². The number of unbranched alkanes of at least 4 members (excludes halogenated alkanes) is 2. The molecule has 50 heavy (non-hydrogen) atoms. The van der Waals surface area contributed by atoms with Gasteiger partial charge in [0.25, 0.3) is 0 Å². The van der Waals surface area contributed by atoms with E-state index in [1.165, 1.54) is 94.7 Å². The van der Waals surface area contributed by atoms with Crippen LogP contribution in [0.25, 0.3) is 52.8 Å². The first-order valence-corrected chi connectivity index (χ1v) is 20.8. The topological polar surface area (TPSA) is 63.6 Å². The van der Waals surface area contributed by atoms with Crippen molar-refractivity contribution in [1.82, 2.24) is 10.3 Å². The summed E-state index contributed by atoms with van der Waals surface area (Å²) in [4.78, 5) is 4.61. The summed E-state index contributed by atoms with van der Waals surface area (Å²) in [6.07, 6.45) is 12.6. The molecule has 0 saturated heterocycles. The quantitative estimate of drug-likeness (QED) is 0.0999. The zero-order chi connectivity index (χ0) is 34.5. The highest BCUT2D eigenvalue weighted by molar-refractivity contribution is 7.58. The Labute approximate surface area is 308 Å². The molecule has 8 heteroatoms. The number of hydrogen-bond acceptors (Lipinski definition) is 7. The normalized spacial score (nSPS) is 13.5. The van der Waals surface area contributed by atoms with Crippen LogP contribution in [0.1, 0.15) is 90.2 Å². The molecule has 0 radical (unpaired) electrons. The van der Waals surface area contributed by atoms with Crippen molar-refractivity contribution in [3.8, 4) is 41.8 Å². The molecule has 1 aliphatic rings.